The highest BCUT2D eigenvalue weighted by Gasteiger charge is 2.31. The topological polar surface area (TPSA) is 78.5 Å². The molecule has 1 heterocycles. The van der Waals surface area contributed by atoms with Gasteiger partial charge in [0.05, 0.1) is 10.5 Å². The zero-order valence-corrected chi connectivity index (χ0v) is 21.2. The molecular weight excluding hydrogens is 527 g/mol. The number of anilines is 1. The SMILES string of the molecule is O=C(Nc1ccc(S(=O)(=O)N2CCC(NCc3ccc(C(F)(F)F)cc3)CC2)cc1)c1ccc(Cl)cc1. The number of hydrogen-bond acceptors (Lipinski definition) is 4. The van der Waals surface area contributed by atoms with Gasteiger partial charge in [-0.1, -0.05) is 23.7 Å². The number of piperidine rings is 1. The lowest BCUT2D eigenvalue weighted by Gasteiger charge is -2.31. The first-order chi connectivity index (χ1) is 17.5. The molecule has 0 bridgehead atoms. The third kappa shape index (κ3) is 6.89. The molecule has 0 aliphatic carbocycles. The molecule has 1 aliphatic heterocycles. The van der Waals surface area contributed by atoms with E-state index in [1.807, 2.05) is 0 Å². The Labute approximate surface area is 218 Å². The third-order valence-corrected chi connectivity index (χ3v) is 8.35. The Kier molecular flexibility index (Phi) is 8.23. The van der Waals surface area contributed by atoms with Gasteiger partial charge < -0.3 is 10.6 Å². The first-order valence-corrected chi connectivity index (χ1v) is 13.4. The molecule has 1 fully saturated rings. The summed E-state index contributed by atoms with van der Waals surface area (Å²) >= 11 is 5.84. The largest absolute Gasteiger partial charge is 0.416 e. The summed E-state index contributed by atoms with van der Waals surface area (Å²) in [5.41, 5.74) is 0.930. The molecule has 196 valence electrons. The van der Waals surface area contributed by atoms with Crippen molar-refractivity contribution in [2.24, 2.45) is 0 Å². The van der Waals surface area contributed by atoms with E-state index in [4.69, 9.17) is 11.6 Å². The summed E-state index contributed by atoms with van der Waals surface area (Å²) in [5.74, 6) is -0.335. The second-order valence-electron chi connectivity index (χ2n) is 8.74. The lowest BCUT2D eigenvalue weighted by atomic mass is 10.1. The molecule has 11 heteroatoms. The van der Waals surface area contributed by atoms with Crippen LogP contribution in [0.2, 0.25) is 5.02 Å². The van der Waals surface area contributed by atoms with Gasteiger partial charge in [0.1, 0.15) is 0 Å². The van der Waals surface area contributed by atoms with Crippen LogP contribution >= 0.6 is 11.6 Å². The van der Waals surface area contributed by atoms with Gasteiger partial charge in [0, 0.05) is 41.9 Å². The van der Waals surface area contributed by atoms with Gasteiger partial charge in [0.15, 0.2) is 0 Å². The van der Waals surface area contributed by atoms with Crippen LogP contribution in [0.5, 0.6) is 0 Å². The quantitative estimate of drug-likeness (QED) is 0.403. The minimum atomic E-state index is -4.37. The summed E-state index contributed by atoms with van der Waals surface area (Å²) in [5, 5.41) is 6.54. The molecule has 0 spiro atoms. The molecule has 4 rings (SSSR count). The lowest BCUT2D eigenvalue weighted by molar-refractivity contribution is -0.137. The summed E-state index contributed by atoms with van der Waals surface area (Å²) in [6, 6.07) is 17.5. The fraction of sp³-hybridized carbons (Fsp3) is 0.269. The van der Waals surface area contributed by atoms with Crippen molar-refractivity contribution in [3.8, 4) is 0 Å². The molecule has 0 aromatic heterocycles. The van der Waals surface area contributed by atoms with Gasteiger partial charge in [-0.25, -0.2) is 8.42 Å². The summed E-state index contributed by atoms with van der Waals surface area (Å²) in [4.78, 5) is 12.5. The number of benzene rings is 3. The summed E-state index contributed by atoms with van der Waals surface area (Å²) < 4.78 is 65.7. The van der Waals surface area contributed by atoms with Gasteiger partial charge in [0.25, 0.3) is 5.91 Å². The van der Waals surface area contributed by atoms with Crippen molar-refractivity contribution in [1.29, 1.82) is 0 Å². The zero-order chi connectivity index (χ0) is 26.6. The Morgan fingerprint density at radius 1 is 0.919 bits per heavy atom. The maximum absolute atomic E-state index is 13.1. The average molecular weight is 552 g/mol. The van der Waals surface area contributed by atoms with Crippen molar-refractivity contribution in [1.82, 2.24) is 9.62 Å². The molecule has 0 unspecified atom stereocenters. The highest BCUT2D eigenvalue weighted by Crippen LogP contribution is 2.29. The fourth-order valence-corrected chi connectivity index (χ4v) is 5.63. The van der Waals surface area contributed by atoms with Crippen molar-refractivity contribution >= 4 is 33.2 Å². The Bertz CT molecular complexity index is 1320. The van der Waals surface area contributed by atoms with Crippen LogP contribution in [-0.2, 0) is 22.7 Å². The third-order valence-electron chi connectivity index (χ3n) is 6.19. The highest BCUT2D eigenvalue weighted by atomic mass is 35.5. The van der Waals surface area contributed by atoms with E-state index in [9.17, 15) is 26.4 Å². The van der Waals surface area contributed by atoms with Gasteiger partial charge >= 0.3 is 6.18 Å². The van der Waals surface area contributed by atoms with Crippen LogP contribution in [0.25, 0.3) is 0 Å². The summed E-state index contributed by atoms with van der Waals surface area (Å²) in [6.45, 7) is 1.04. The van der Waals surface area contributed by atoms with E-state index < -0.39 is 21.8 Å². The number of nitrogens with zero attached hydrogens (tertiary/aromatic N) is 1. The molecule has 1 aliphatic rings. The van der Waals surface area contributed by atoms with Crippen LogP contribution in [0, 0.1) is 0 Å². The number of alkyl halides is 3. The van der Waals surface area contributed by atoms with Crippen molar-refractivity contribution in [3.05, 3.63) is 94.5 Å². The molecule has 1 amide bonds. The van der Waals surface area contributed by atoms with Gasteiger partial charge in [-0.2, -0.15) is 17.5 Å². The maximum atomic E-state index is 13.1. The van der Waals surface area contributed by atoms with E-state index in [-0.39, 0.29) is 16.8 Å². The minimum absolute atomic E-state index is 0.0548. The smallest absolute Gasteiger partial charge is 0.322 e. The van der Waals surface area contributed by atoms with Gasteiger partial charge in [0.2, 0.25) is 10.0 Å². The lowest BCUT2D eigenvalue weighted by Crippen LogP contribution is -2.44. The molecule has 3 aromatic carbocycles. The molecule has 2 N–H and O–H groups in total. The number of halogens is 4. The molecule has 0 radical (unpaired) electrons. The standard InChI is InChI=1S/C26H25ClF3N3O3S/c27-21-7-3-19(4-8-21)25(34)32-23-9-11-24(12-10-23)37(35,36)33-15-13-22(14-16-33)31-17-18-1-5-20(6-2-18)26(28,29)30/h1-12,22,31H,13-17H2,(H,32,34). The highest BCUT2D eigenvalue weighted by molar-refractivity contribution is 7.89. The first kappa shape index (κ1) is 27.1. The van der Waals surface area contributed by atoms with Crippen LogP contribution < -0.4 is 10.6 Å². The van der Waals surface area contributed by atoms with Crippen molar-refractivity contribution < 1.29 is 26.4 Å². The van der Waals surface area contributed by atoms with Gasteiger partial charge in [-0.15, -0.1) is 0 Å². The number of rotatable bonds is 7. The van der Waals surface area contributed by atoms with Crippen LogP contribution in [0.4, 0.5) is 18.9 Å². The summed E-state index contributed by atoms with van der Waals surface area (Å²) in [6.07, 6.45) is -3.21. The van der Waals surface area contributed by atoms with Crippen molar-refractivity contribution in [2.75, 3.05) is 18.4 Å². The molecule has 0 atom stereocenters. The van der Waals surface area contributed by atoms with Crippen molar-refractivity contribution in [2.45, 2.75) is 36.5 Å². The number of carbonyl (C=O) groups excluding carboxylic acids is 1. The number of hydrogen-bond donors (Lipinski definition) is 2. The van der Waals surface area contributed by atoms with E-state index in [1.54, 1.807) is 36.4 Å². The molecule has 6 nitrogen and oxygen atoms in total. The molecule has 1 saturated heterocycles. The molecule has 0 saturated carbocycles. The van der Waals surface area contributed by atoms with E-state index in [2.05, 4.69) is 10.6 Å². The predicted molar refractivity (Wildman–Crippen MR) is 136 cm³/mol. The van der Waals surface area contributed by atoms with Crippen molar-refractivity contribution in [3.63, 3.8) is 0 Å². The Morgan fingerprint density at radius 2 is 1.51 bits per heavy atom. The number of carbonyl (C=O) groups is 1. The second-order valence-corrected chi connectivity index (χ2v) is 11.1. The molecular formula is C26H25ClF3N3O3S. The van der Waals surface area contributed by atoms with E-state index in [1.165, 1.54) is 28.6 Å². The Balaban J connectivity index is 1.28. The van der Waals surface area contributed by atoms with Crippen LogP contribution in [0.3, 0.4) is 0 Å². The van der Waals surface area contributed by atoms with Gasteiger partial charge in [-0.05, 0) is 79.1 Å². The number of nitrogens with one attached hydrogen (secondary N) is 2. The normalized spacial score (nSPS) is 15.5. The Hall–Kier alpha value is -2.92. The van der Waals surface area contributed by atoms with E-state index >= 15 is 0 Å². The monoisotopic (exact) mass is 551 g/mol. The predicted octanol–water partition coefficient (Wildman–Crippen LogP) is 5.55. The number of amides is 1. The molecule has 37 heavy (non-hydrogen) atoms. The number of sulfonamides is 1. The molecule has 3 aromatic rings. The maximum Gasteiger partial charge on any atom is 0.416 e. The van der Waals surface area contributed by atoms with Crippen LogP contribution in [-0.4, -0.2) is 37.8 Å². The van der Waals surface area contributed by atoms with Crippen LogP contribution in [0.1, 0.15) is 34.3 Å². The van der Waals surface area contributed by atoms with E-state index in [0.717, 1.165) is 17.7 Å². The fourth-order valence-electron chi connectivity index (χ4n) is 4.04. The zero-order valence-electron chi connectivity index (χ0n) is 19.6. The van der Waals surface area contributed by atoms with Gasteiger partial charge in [-0.3, -0.25) is 4.79 Å². The average Bonchev–Trinajstić information content (AvgIpc) is 2.88. The first-order valence-electron chi connectivity index (χ1n) is 11.6. The Morgan fingerprint density at radius 3 is 2.08 bits per heavy atom. The van der Waals surface area contributed by atoms with Crippen LogP contribution in [0.15, 0.2) is 77.7 Å². The second kappa shape index (κ2) is 11.2. The van der Waals surface area contributed by atoms with E-state index in [0.29, 0.717) is 48.7 Å². The minimum Gasteiger partial charge on any atom is -0.322 e. The summed E-state index contributed by atoms with van der Waals surface area (Å²) in [7, 11) is -3.70.